The first kappa shape index (κ1) is 15.1. The van der Waals surface area contributed by atoms with Crippen molar-refractivity contribution in [3.05, 3.63) is 41.0 Å². The number of rotatable bonds is 4. The number of amides is 1. The van der Waals surface area contributed by atoms with E-state index in [-0.39, 0.29) is 11.4 Å². The van der Waals surface area contributed by atoms with Crippen molar-refractivity contribution >= 4 is 17.5 Å². The maximum atomic E-state index is 12.4. The zero-order chi connectivity index (χ0) is 15.6. The van der Waals surface area contributed by atoms with Gasteiger partial charge in [0.2, 0.25) is 0 Å². The molecule has 0 atom stereocenters. The summed E-state index contributed by atoms with van der Waals surface area (Å²) in [6.07, 6.45) is 4.07. The van der Waals surface area contributed by atoms with E-state index in [9.17, 15) is 4.79 Å². The first-order chi connectivity index (χ1) is 10.6. The quantitative estimate of drug-likeness (QED) is 0.810. The maximum absolute atomic E-state index is 12.4. The highest BCUT2D eigenvalue weighted by atomic mass is 35.5. The summed E-state index contributed by atoms with van der Waals surface area (Å²) in [7, 11) is 0. The molecule has 0 spiro atoms. The van der Waals surface area contributed by atoms with E-state index in [0.29, 0.717) is 23.0 Å². The SMILES string of the molecule is NCC1(NC(=O)c2cc(-c3ccccc3Cl)n[nH]2)CCCC1. The summed E-state index contributed by atoms with van der Waals surface area (Å²) >= 11 is 6.16. The molecule has 3 rings (SSSR count). The van der Waals surface area contributed by atoms with Gasteiger partial charge in [0, 0.05) is 12.1 Å². The Balaban J connectivity index is 1.79. The molecule has 1 heterocycles. The maximum Gasteiger partial charge on any atom is 0.269 e. The van der Waals surface area contributed by atoms with Gasteiger partial charge in [-0.1, -0.05) is 42.6 Å². The molecule has 1 aromatic heterocycles. The molecule has 1 fully saturated rings. The smallest absolute Gasteiger partial charge is 0.269 e. The van der Waals surface area contributed by atoms with Gasteiger partial charge in [0.1, 0.15) is 5.69 Å². The Morgan fingerprint density at radius 2 is 2.09 bits per heavy atom. The van der Waals surface area contributed by atoms with E-state index in [4.69, 9.17) is 17.3 Å². The van der Waals surface area contributed by atoms with Crippen molar-refractivity contribution in [2.24, 2.45) is 5.73 Å². The number of carbonyl (C=O) groups excluding carboxylic acids is 1. The number of nitrogens with two attached hydrogens (primary N) is 1. The Morgan fingerprint density at radius 3 is 2.77 bits per heavy atom. The second-order valence-corrected chi connectivity index (χ2v) is 6.20. The lowest BCUT2D eigenvalue weighted by atomic mass is 9.97. The van der Waals surface area contributed by atoms with Crippen LogP contribution in [0, 0.1) is 0 Å². The number of aromatic amines is 1. The average Bonchev–Trinajstić information content (AvgIpc) is 3.17. The normalized spacial score (nSPS) is 16.6. The van der Waals surface area contributed by atoms with Gasteiger partial charge in [-0.2, -0.15) is 5.10 Å². The minimum Gasteiger partial charge on any atom is -0.344 e. The van der Waals surface area contributed by atoms with Crippen LogP contribution in [-0.2, 0) is 0 Å². The van der Waals surface area contributed by atoms with Gasteiger partial charge >= 0.3 is 0 Å². The molecule has 1 saturated carbocycles. The summed E-state index contributed by atoms with van der Waals surface area (Å²) in [5.41, 5.74) is 7.46. The molecule has 1 amide bonds. The lowest BCUT2D eigenvalue weighted by molar-refractivity contribution is 0.0898. The van der Waals surface area contributed by atoms with Gasteiger partial charge in [-0.05, 0) is 25.0 Å². The molecule has 2 aromatic rings. The van der Waals surface area contributed by atoms with Crippen LogP contribution in [0.2, 0.25) is 5.02 Å². The summed E-state index contributed by atoms with van der Waals surface area (Å²) in [5.74, 6) is -0.168. The molecule has 116 valence electrons. The van der Waals surface area contributed by atoms with Crippen LogP contribution >= 0.6 is 11.6 Å². The number of halogens is 1. The fraction of sp³-hybridized carbons (Fsp3) is 0.375. The third kappa shape index (κ3) is 2.87. The molecule has 1 aliphatic rings. The topological polar surface area (TPSA) is 83.8 Å². The standard InChI is InChI=1S/C16H19ClN4O/c17-12-6-2-1-5-11(12)13-9-14(21-20-13)15(22)19-16(10-18)7-3-4-8-16/h1-2,5-6,9H,3-4,7-8,10,18H2,(H,19,22)(H,20,21). The number of nitrogens with one attached hydrogen (secondary N) is 2. The third-order valence-corrected chi connectivity index (χ3v) is 4.63. The lowest BCUT2D eigenvalue weighted by Gasteiger charge is -2.28. The average molecular weight is 319 g/mol. The number of hydrogen-bond acceptors (Lipinski definition) is 3. The van der Waals surface area contributed by atoms with Crippen LogP contribution in [0.4, 0.5) is 0 Å². The Hall–Kier alpha value is -1.85. The van der Waals surface area contributed by atoms with Crippen molar-refractivity contribution in [2.45, 2.75) is 31.2 Å². The summed E-state index contributed by atoms with van der Waals surface area (Å²) < 4.78 is 0. The highest BCUT2D eigenvalue weighted by Gasteiger charge is 2.34. The monoisotopic (exact) mass is 318 g/mol. The van der Waals surface area contributed by atoms with E-state index in [1.807, 2.05) is 18.2 Å². The number of benzene rings is 1. The van der Waals surface area contributed by atoms with Crippen molar-refractivity contribution in [2.75, 3.05) is 6.54 Å². The van der Waals surface area contributed by atoms with Crippen LogP contribution in [0.1, 0.15) is 36.2 Å². The van der Waals surface area contributed by atoms with Crippen LogP contribution in [0.15, 0.2) is 30.3 Å². The highest BCUT2D eigenvalue weighted by molar-refractivity contribution is 6.33. The van der Waals surface area contributed by atoms with E-state index in [0.717, 1.165) is 31.2 Å². The summed E-state index contributed by atoms with van der Waals surface area (Å²) in [5, 5.41) is 10.7. The molecule has 0 bridgehead atoms. The van der Waals surface area contributed by atoms with Crippen LogP contribution < -0.4 is 11.1 Å². The van der Waals surface area contributed by atoms with E-state index < -0.39 is 0 Å². The Labute approximate surface area is 134 Å². The first-order valence-corrected chi connectivity index (χ1v) is 7.84. The Bertz CT molecular complexity index is 676. The fourth-order valence-electron chi connectivity index (χ4n) is 2.99. The van der Waals surface area contributed by atoms with Crippen molar-refractivity contribution in [3.8, 4) is 11.3 Å². The van der Waals surface area contributed by atoms with E-state index >= 15 is 0 Å². The van der Waals surface area contributed by atoms with Gasteiger partial charge in [0.25, 0.3) is 5.91 Å². The molecule has 0 unspecified atom stereocenters. The van der Waals surface area contributed by atoms with Crippen LogP contribution in [0.5, 0.6) is 0 Å². The van der Waals surface area contributed by atoms with Gasteiger partial charge in [-0.25, -0.2) is 0 Å². The molecule has 5 nitrogen and oxygen atoms in total. The number of aromatic nitrogens is 2. The second kappa shape index (κ2) is 6.10. The highest BCUT2D eigenvalue weighted by Crippen LogP contribution is 2.29. The van der Waals surface area contributed by atoms with Crippen molar-refractivity contribution < 1.29 is 4.79 Å². The summed E-state index contributed by atoms with van der Waals surface area (Å²) in [6, 6.07) is 9.14. The molecule has 1 aliphatic carbocycles. The van der Waals surface area contributed by atoms with E-state index in [1.165, 1.54) is 0 Å². The molecule has 0 aliphatic heterocycles. The molecular formula is C16H19ClN4O. The van der Waals surface area contributed by atoms with Crippen LogP contribution in [-0.4, -0.2) is 28.2 Å². The minimum atomic E-state index is -0.271. The number of carbonyl (C=O) groups is 1. The Kier molecular flexibility index (Phi) is 4.18. The molecule has 4 N–H and O–H groups in total. The third-order valence-electron chi connectivity index (χ3n) is 4.30. The van der Waals surface area contributed by atoms with Crippen molar-refractivity contribution in [1.82, 2.24) is 15.5 Å². The predicted octanol–water partition coefficient (Wildman–Crippen LogP) is 2.73. The number of hydrogen-bond donors (Lipinski definition) is 3. The van der Waals surface area contributed by atoms with Gasteiger partial charge in [0.15, 0.2) is 0 Å². The van der Waals surface area contributed by atoms with E-state index in [2.05, 4.69) is 15.5 Å². The van der Waals surface area contributed by atoms with Crippen LogP contribution in [0.25, 0.3) is 11.3 Å². The lowest BCUT2D eigenvalue weighted by Crippen LogP contribution is -2.51. The summed E-state index contributed by atoms with van der Waals surface area (Å²) in [4.78, 5) is 12.4. The summed E-state index contributed by atoms with van der Waals surface area (Å²) in [6.45, 7) is 0.463. The zero-order valence-electron chi connectivity index (χ0n) is 12.2. The zero-order valence-corrected chi connectivity index (χ0v) is 13.0. The van der Waals surface area contributed by atoms with Gasteiger partial charge in [0.05, 0.1) is 16.3 Å². The van der Waals surface area contributed by atoms with Gasteiger partial charge < -0.3 is 11.1 Å². The van der Waals surface area contributed by atoms with Crippen LogP contribution in [0.3, 0.4) is 0 Å². The molecule has 6 heteroatoms. The molecule has 1 aromatic carbocycles. The molecular weight excluding hydrogens is 300 g/mol. The van der Waals surface area contributed by atoms with Gasteiger partial charge in [-0.15, -0.1) is 0 Å². The predicted molar refractivity (Wildman–Crippen MR) is 86.8 cm³/mol. The van der Waals surface area contributed by atoms with Crippen molar-refractivity contribution in [1.29, 1.82) is 0 Å². The molecule has 0 radical (unpaired) electrons. The second-order valence-electron chi connectivity index (χ2n) is 5.79. The number of H-pyrrole nitrogens is 1. The number of nitrogens with zero attached hydrogens (tertiary/aromatic N) is 1. The Morgan fingerprint density at radius 1 is 1.36 bits per heavy atom. The minimum absolute atomic E-state index is 0.168. The van der Waals surface area contributed by atoms with Gasteiger partial charge in [-0.3, -0.25) is 9.89 Å². The van der Waals surface area contributed by atoms with E-state index in [1.54, 1.807) is 12.1 Å². The first-order valence-electron chi connectivity index (χ1n) is 7.46. The van der Waals surface area contributed by atoms with Crippen molar-refractivity contribution in [3.63, 3.8) is 0 Å². The molecule has 0 saturated heterocycles. The largest absolute Gasteiger partial charge is 0.344 e. The fourth-order valence-corrected chi connectivity index (χ4v) is 3.22. The molecule has 22 heavy (non-hydrogen) atoms.